The lowest BCUT2D eigenvalue weighted by Crippen LogP contribution is -2.01. The second-order valence-electron chi connectivity index (χ2n) is 3.80. The number of rotatable bonds is 4. The zero-order chi connectivity index (χ0) is 10.7. The van der Waals surface area contributed by atoms with Crippen LogP contribution in [0.1, 0.15) is 25.6 Å². The topological polar surface area (TPSA) is 69.6 Å². The fourth-order valence-corrected chi connectivity index (χ4v) is 1.26. The molecule has 0 radical (unpaired) electrons. The Kier molecular flexibility index (Phi) is 2.75. The Morgan fingerprint density at radius 2 is 2.33 bits per heavy atom. The van der Waals surface area contributed by atoms with Gasteiger partial charge in [0.25, 0.3) is 0 Å². The minimum Gasteiger partial charge on any atom is -0.337 e. The summed E-state index contributed by atoms with van der Waals surface area (Å²) in [5, 5.41) is 11.4. The van der Waals surface area contributed by atoms with E-state index in [0.717, 1.165) is 12.2 Å². The normalized spacial score (nSPS) is 11.1. The van der Waals surface area contributed by atoms with Crippen molar-refractivity contribution in [2.75, 3.05) is 0 Å². The van der Waals surface area contributed by atoms with Gasteiger partial charge in [0.2, 0.25) is 5.89 Å². The molecule has 15 heavy (non-hydrogen) atoms. The lowest BCUT2D eigenvalue weighted by atomic mass is 10.1. The number of aromatic nitrogens is 5. The van der Waals surface area contributed by atoms with Gasteiger partial charge in [-0.2, -0.15) is 4.98 Å². The summed E-state index contributed by atoms with van der Waals surface area (Å²) in [5.41, 5.74) is 0. The van der Waals surface area contributed by atoms with Crippen LogP contribution < -0.4 is 0 Å². The second kappa shape index (κ2) is 4.20. The summed E-state index contributed by atoms with van der Waals surface area (Å²) < 4.78 is 6.73. The quantitative estimate of drug-likeness (QED) is 0.745. The lowest BCUT2D eigenvalue weighted by molar-refractivity contribution is 0.358. The predicted octanol–water partition coefficient (Wildman–Crippen LogP) is 0.908. The summed E-state index contributed by atoms with van der Waals surface area (Å²) in [5.74, 6) is 1.85. The number of hydrogen-bond donors (Lipinski definition) is 0. The molecule has 0 fully saturated rings. The first-order valence-electron chi connectivity index (χ1n) is 4.89. The molecule has 0 atom stereocenters. The molecule has 0 saturated carbocycles. The third-order valence-electron chi connectivity index (χ3n) is 1.87. The molecule has 2 aromatic heterocycles. The highest BCUT2D eigenvalue weighted by atomic mass is 16.5. The van der Waals surface area contributed by atoms with E-state index in [4.69, 9.17) is 4.52 Å². The molecule has 6 nitrogen and oxygen atoms in total. The maximum absolute atomic E-state index is 5.09. The standard InChI is InChI=1S/C9H13N5O/c1-7(2)5-8-11-9(15-12-8)6-14-4-3-10-13-14/h3-4,7H,5-6H2,1-2H3. The van der Waals surface area contributed by atoms with Gasteiger partial charge >= 0.3 is 0 Å². The molecule has 0 aliphatic heterocycles. The third-order valence-corrected chi connectivity index (χ3v) is 1.87. The number of hydrogen-bond acceptors (Lipinski definition) is 5. The van der Waals surface area contributed by atoms with E-state index in [1.54, 1.807) is 17.1 Å². The van der Waals surface area contributed by atoms with E-state index in [9.17, 15) is 0 Å². The molecule has 0 bridgehead atoms. The van der Waals surface area contributed by atoms with E-state index in [0.29, 0.717) is 18.4 Å². The van der Waals surface area contributed by atoms with E-state index in [1.807, 2.05) is 0 Å². The smallest absolute Gasteiger partial charge is 0.248 e. The van der Waals surface area contributed by atoms with Crippen LogP contribution in [0.25, 0.3) is 0 Å². The largest absolute Gasteiger partial charge is 0.337 e. The highest BCUT2D eigenvalue weighted by Crippen LogP contribution is 2.05. The van der Waals surface area contributed by atoms with Crippen LogP contribution in [0, 0.1) is 5.92 Å². The Bertz CT molecular complexity index is 406. The summed E-state index contributed by atoms with van der Waals surface area (Å²) >= 11 is 0. The van der Waals surface area contributed by atoms with E-state index < -0.39 is 0 Å². The van der Waals surface area contributed by atoms with Crippen molar-refractivity contribution < 1.29 is 4.52 Å². The summed E-state index contributed by atoms with van der Waals surface area (Å²) in [7, 11) is 0. The molecule has 0 unspecified atom stereocenters. The van der Waals surface area contributed by atoms with Crippen molar-refractivity contribution in [2.45, 2.75) is 26.8 Å². The maximum atomic E-state index is 5.09. The molecule has 80 valence electrons. The zero-order valence-corrected chi connectivity index (χ0v) is 8.79. The van der Waals surface area contributed by atoms with Crippen LogP contribution in [-0.4, -0.2) is 25.1 Å². The second-order valence-corrected chi connectivity index (χ2v) is 3.80. The molecule has 0 aromatic carbocycles. The summed E-state index contributed by atoms with van der Waals surface area (Å²) in [4.78, 5) is 4.26. The average Bonchev–Trinajstić information content (AvgIpc) is 2.77. The maximum Gasteiger partial charge on any atom is 0.248 e. The Balaban J connectivity index is 2.01. The molecule has 0 saturated heterocycles. The van der Waals surface area contributed by atoms with Gasteiger partial charge in [-0.3, -0.25) is 0 Å². The van der Waals surface area contributed by atoms with Gasteiger partial charge in [0.1, 0.15) is 6.54 Å². The molecular formula is C9H13N5O. The van der Waals surface area contributed by atoms with Gasteiger partial charge in [-0.05, 0) is 5.92 Å². The lowest BCUT2D eigenvalue weighted by Gasteiger charge is -1.96. The molecule has 0 aliphatic rings. The summed E-state index contributed by atoms with van der Waals surface area (Å²) in [6.45, 7) is 4.71. The van der Waals surface area contributed by atoms with Gasteiger partial charge in [-0.15, -0.1) is 5.10 Å². The first kappa shape index (κ1) is 9.82. The fourth-order valence-electron chi connectivity index (χ4n) is 1.26. The van der Waals surface area contributed by atoms with Crippen LogP contribution >= 0.6 is 0 Å². The van der Waals surface area contributed by atoms with Crippen LogP contribution in [0.4, 0.5) is 0 Å². The third kappa shape index (κ3) is 2.61. The summed E-state index contributed by atoms with van der Waals surface area (Å²) in [6.07, 6.45) is 4.21. The van der Waals surface area contributed by atoms with E-state index >= 15 is 0 Å². The average molecular weight is 207 g/mol. The van der Waals surface area contributed by atoms with E-state index in [2.05, 4.69) is 34.3 Å². The zero-order valence-electron chi connectivity index (χ0n) is 8.79. The van der Waals surface area contributed by atoms with Gasteiger partial charge in [-0.25, -0.2) is 4.68 Å². The van der Waals surface area contributed by atoms with Gasteiger partial charge in [-0.1, -0.05) is 24.2 Å². The van der Waals surface area contributed by atoms with Crippen LogP contribution in [0.5, 0.6) is 0 Å². The SMILES string of the molecule is CC(C)Cc1noc(Cn2ccnn2)n1. The van der Waals surface area contributed by atoms with E-state index in [1.165, 1.54) is 0 Å². The molecule has 0 spiro atoms. The summed E-state index contributed by atoms with van der Waals surface area (Å²) in [6, 6.07) is 0. The number of nitrogens with zero attached hydrogens (tertiary/aromatic N) is 5. The molecule has 0 aliphatic carbocycles. The molecule has 2 rings (SSSR count). The minimum atomic E-state index is 0.477. The van der Waals surface area contributed by atoms with Crippen LogP contribution in [0.2, 0.25) is 0 Å². The highest BCUT2D eigenvalue weighted by Gasteiger charge is 2.08. The molecular weight excluding hydrogens is 194 g/mol. The monoisotopic (exact) mass is 207 g/mol. The molecule has 6 heteroatoms. The van der Waals surface area contributed by atoms with Crippen molar-refractivity contribution in [1.82, 2.24) is 25.1 Å². The van der Waals surface area contributed by atoms with Crippen molar-refractivity contribution in [2.24, 2.45) is 5.92 Å². The van der Waals surface area contributed by atoms with Crippen molar-refractivity contribution in [1.29, 1.82) is 0 Å². The van der Waals surface area contributed by atoms with Gasteiger partial charge in [0.05, 0.1) is 6.20 Å². The Morgan fingerprint density at radius 1 is 1.47 bits per heavy atom. The molecule has 2 heterocycles. The van der Waals surface area contributed by atoms with Crippen molar-refractivity contribution in [3.8, 4) is 0 Å². The van der Waals surface area contributed by atoms with Crippen LogP contribution in [0.15, 0.2) is 16.9 Å². The Morgan fingerprint density at radius 3 is 3.00 bits per heavy atom. The first-order chi connectivity index (χ1) is 7.24. The van der Waals surface area contributed by atoms with Crippen molar-refractivity contribution >= 4 is 0 Å². The molecule has 2 aromatic rings. The predicted molar refractivity (Wildman–Crippen MR) is 52.0 cm³/mol. The minimum absolute atomic E-state index is 0.477. The Hall–Kier alpha value is -1.72. The highest BCUT2D eigenvalue weighted by molar-refractivity contribution is 4.88. The van der Waals surface area contributed by atoms with Gasteiger partial charge < -0.3 is 4.52 Å². The van der Waals surface area contributed by atoms with Gasteiger partial charge in [0.15, 0.2) is 5.82 Å². The Labute approximate surface area is 87.3 Å². The first-order valence-corrected chi connectivity index (χ1v) is 4.89. The van der Waals surface area contributed by atoms with Crippen molar-refractivity contribution in [3.05, 3.63) is 24.1 Å². The molecule has 0 amide bonds. The van der Waals surface area contributed by atoms with E-state index in [-0.39, 0.29) is 0 Å². The van der Waals surface area contributed by atoms with Gasteiger partial charge in [0, 0.05) is 12.6 Å². The van der Waals surface area contributed by atoms with Crippen LogP contribution in [-0.2, 0) is 13.0 Å². The van der Waals surface area contributed by atoms with Crippen molar-refractivity contribution in [3.63, 3.8) is 0 Å². The molecule has 0 N–H and O–H groups in total. The fraction of sp³-hybridized carbons (Fsp3) is 0.556. The van der Waals surface area contributed by atoms with Crippen LogP contribution in [0.3, 0.4) is 0 Å².